The van der Waals surface area contributed by atoms with E-state index in [2.05, 4.69) is 0 Å². The normalized spacial score (nSPS) is 0.750. The van der Waals surface area contributed by atoms with Crippen LogP contribution in [-0.2, 0) is 24.3 Å². The summed E-state index contributed by atoms with van der Waals surface area (Å²) in [5.41, 5.74) is 0. The van der Waals surface area contributed by atoms with Gasteiger partial charge >= 0.3 is 96.0 Å². The molecule has 0 aromatic rings. The standard InChI is InChI=1S/Bi.Nb.O.Sr.5H. The molecule has 23 valence electrons. The zero-order valence-electron chi connectivity index (χ0n) is 1.56. The van der Waals surface area contributed by atoms with Gasteiger partial charge < -0.3 is 0 Å². The predicted octanol–water partition coefficient (Wildman–Crippen LogP) is -2.22. The van der Waals surface area contributed by atoms with E-state index in [1.807, 2.05) is 0 Å². The van der Waals surface area contributed by atoms with Crippen LogP contribution < -0.4 is 0 Å². The maximum atomic E-state index is 8.30. The van der Waals surface area contributed by atoms with E-state index in [1.165, 1.54) is 0 Å². The zero-order chi connectivity index (χ0) is 2.00. The van der Waals surface area contributed by atoms with E-state index in [4.69, 9.17) is 3.25 Å². The quantitative estimate of drug-likeness (QED) is 0.414. The van der Waals surface area contributed by atoms with Crippen LogP contribution in [0.4, 0.5) is 0 Å². The first-order valence-corrected chi connectivity index (χ1v) is 1.08. The van der Waals surface area contributed by atoms with Crippen LogP contribution in [0.2, 0.25) is 0 Å². The molecule has 4 heavy (non-hydrogen) atoms. The molecule has 1 nitrogen and oxygen atoms in total. The van der Waals surface area contributed by atoms with Gasteiger partial charge in [-0.2, -0.15) is 0 Å². The molecule has 0 spiro atoms. The Kier molecular flexibility index (Phi) is 66.5. The van der Waals surface area contributed by atoms with Gasteiger partial charge in [-0.25, -0.2) is 0 Å². The molecule has 0 aliphatic heterocycles. The van der Waals surface area contributed by atoms with E-state index in [0.29, 0.717) is 21.0 Å². The molecule has 4 heteroatoms. The van der Waals surface area contributed by atoms with E-state index >= 15 is 0 Å². The number of hydrogen-bond donors (Lipinski definition) is 0. The van der Waals surface area contributed by atoms with Gasteiger partial charge in [0.25, 0.3) is 0 Å². The zero-order valence-corrected chi connectivity index (χ0v) is 9.26. The Labute approximate surface area is 93.6 Å². The molecule has 0 rings (SSSR count). The van der Waals surface area contributed by atoms with Crippen molar-refractivity contribution in [1.82, 2.24) is 0 Å². The van der Waals surface area contributed by atoms with Crippen molar-refractivity contribution in [3.63, 3.8) is 0 Å². The minimum absolute atomic E-state index is 0. The van der Waals surface area contributed by atoms with Crippen molar-refractivity contribution in [3.05, 3.63) is 0 Å². The molecule has 0 bridgehead atoms. The third-order valence-electron chi connectivity index (χ3n) is 0. The maximum absolute atomic E-state index is 8.30. The fourth-order valence-corrected chi connectivity index (χ4v) is 0. The monoisotopic (exact) mass is 411 g/mol. The van der Waals surface area contributed by atoms with Crippen molar-refractivity contribution in [2.45, 2.75) is 0 Å². The topological polar surface area (TPSA) is 17.1 Å². The fraction of sp³-hybridized carbons (Fsp3) is 0. The Morgan fingerprint density at radius 2 is 1.25 bits per heavy atom. The van der Waals surface area contributed by atoms with E-state index < -0.39 is 0 Å². The molecule has 0 N–H and O–H groups in total. The van der Waals surface area contributed by atoms with Gasteiger partial charge in [-0.1, -0.05) is 0 Å². The van der Waals surface area contributed by atoms with E-state index in [1.54, 1.807) is 0 Å². The summed E-state index contributed by atoms with van der Waals surface area (Å²) < 4.78 is 8.30. The van der Waals surface area contributed by atoms with Crippen LogP contribution in [0, 0.1) is 0 Å². The summed E-state index contributed by atoms with van der Waals surface area (Å²) in [5, 5.41) is 0. The van der Waals surface area contributed by atoms with Crippen molar-refractivity contribution < 1.29 is 24.3 Å². The second-order valence-electron chi connectivity index (χ2n) is 0. The molecule has 0 radical (unpaired) electrons. The minimum atomic E-state index is 0. The molecule has 0 atom stereocenters. The van der Waals surface area contributed by atoms with Crippen molar-refractivity contribution in [1.29, 1.82) is 0 Å². The summed E-state index contributed by atoms with van der Waals surface area (Å²) >= 11 is 0.500. The summed E-state index contributed by atoms with van der Waals surface area (Å²) in [6.07, 6.45) is 0. The SMILES string of the molecule is [BiH3].[O]=[Nb].[SrH2]. The number of rotatable bonds is 0. The van der Waals surface area contributed by atoms with Crippen molar-refractivity contribution in [2.24, 2.45) is 0 Å². The molecule has 0 aromatic carbocycles. The van der Waals surface area contributed by atoms with E-state index in [9.17, 15) is 0 Å². The Balaban J connectivity index is -0.00000000500. The Morgan fingerprint density at radius 1 is 1.25 bits per heavy atom. The number of hydrogen-bond acceptors (Lipinski definition) is 1. The summed E-state index contributed by atoms with van der Waals surface area (Å²) in [7, 11) is 0. The van der Waals surface area contributed by atoms with E-state index in [-0.39, 0.29) is 71.7 Å². The molecule has 0 aliphatic rings. The van der Waals surface area contributed by atoms with Crippen LogP contribution in [0.5, 0.6) is 0 Å². The second kappa shape index (κ2) is 16.8. The molecule has 0 fully saturated rings. The van der Waals surface area contributed by atoms with Crippen molar-refractivity contribution >= 4 is 71.7 Å². The van der Waals surface area contributed by atoms with Gasteiger partial charge in [0.2, 0.25) is 0 Å². The van der Waals surface area contributed by atoms with Crippen LogP contribution in [0.25, 0.3) is 0 Å². The van der Waals surface area contributed by atoms with Gasteiger partial charge in [-0.05, 0) is 0 Å². The Morgan fingerprint density at radius 3 is 1.25 bits per heavy atom. The molecule has 0 heterocycles. The summed E-state index contributed by atoms with van der Waals surface area (Å²) in [5.74, 6) is 0. The van der Waals surface area contributed by atoms with Crippen LogP contribution in [0.15, 0.2) is 0 Å². The van der Waals surface area contributed by atoms with Crippen LogP contribution in [0.3, 0.4) is 0 Å². The third-order valence-corrected chi connectivity index (χ3v) is 0. The summed E-state index contributed by atoms with van der Waals surface area (Å²) in [6.45, 7) is 0. The average Bonchev–Trinajstić information content (AvgIpc) is 1.00. The first-order valence-electron chi connectivity index (χ1n) is 0.183. The van der Waals surface area contributed by atoms with Gasteiger partial charge in [0.1, 0.15) is 0 Å². The average molecular weight is 411 g/mol. The molecule has 0 amide bonds. The molecular weight excluding hydrogens is 406 g/mol. The van der Waals surface area contributed by atoms with Crippen molar-refractivity contribution in [2.75, 3.05) is 0 Å². The van der Waals surface area contributed by atoms with Crippen LogP contribution >= 0.6 is 0 Å². The Bertz CT molecular complexity index is 8.00. The summed E-state index contributed by atoms with van der Waals surface area (Å²) in [6, 6.07) is 0. The van der Waals surface area contributed by atoms with Gasteiger partial charge in [-0.15, -0.1) is 0 Å². The van der Waals surface area contributed by atoms with E-state index in [0.717, 1.165) is 0 Å². The van der Waals surface area contributed by atoms with Gasteiger partial charge in [-0.3, -0.25) is 0 Å². The van der Waals surface area contributed by atoms with Crippen molar-refractivity contribution in [3.8, 4) is 0 Å². The summed E-state index contributed by atoms with van der Waals surface area (Å²) in [4.78, 5) is 0. The fourth-order valence-electron chi connectivity index (χ4n) is 0. The third kappa shape index (κ3) is 8.86. The molecule has 0 saturated heterocycles. The molecule has 0 aromatic heterocycles. The second-order valence-corrected chi connectivity index (χ2v) is 0. The van der Waals surface area contributed by atoms with Gasteiger partial charge in [0.05, 0.1) is 0 Å². The molecular formula is H5BiNbOSr. The van der Waals surface area contributed by atoms with Crippen LogP contribution in [0.1, 0.15) is 0 Å². The Hall–Kier alpha value is 2.90. The van der Waals surface area contributed by atoms with Gasteiger partial charge in [0.15, 0.2) is 0 Å². The first kappa shape index (κ1) is 15.8. The predicted molar refractivity (Wildman–Crippen MR) is 19.2 cm³/mol. The van der Waals surface area contributed by atoms with Crippen LogP contribution in [-0.4, -0.2) is 71.7 Å². The molecule has 0 unspecified atom stereocenters. The molecule has 0 saturated carbocycles. The van der Waals surface area contributed by atoms with Gasteiger partial charge in [0, 0.05) is 0 Å². The first-order chi connectivity index (χ1) is 1.00. The molecule has 0 aliphatic carbocycles.